The highest BCUT2D eigenvalue weighted by molar-refractivity contribution is 6.81. The maximum atomic E-state index is 3.88. The summed E-state index contributed by atoms with van der Waals surface area (Å²) in [4.78, 5) is 0. The SMILES string of the molecule is C=CCN([SiH3])[Si](CC=C)(CC=C)CC=C. The van der Waals surface area contributed by atoms with E-state index in [2.05, 4.69) is 30.5 Å². The molecule has 0 aromatic heterocycles. The average Bonchev–Trinajstić information content (AvgIpc) is 2.19. The first kappa shape index (κ1) is 14.4. The van der Waals surface area contributed by atoms with Crippen LogP contribution >= 0.6 is 0 Å². The molecule has 0 amide bonds. The van der Waals surface area contributed by atoms with Crippen molar-refractivity contribution < 1.29 is 0 Å². The summed E-state index contributed by atoms with van der Waals surface area (Å²) in [6.45, 7) is 16.5. The third-order valence-electron chi connectivity index (χ3n) is 2.79. The van der Waals surface area contributed by atoms with Crippen LogP contribution in [0.3, 0.4) is 0 Å². The topological polar surface area (TPSA) is 3.24 Å². The van der Waals surface area contributed by atoms with Crippen molar-refractivity contribution in [2.45, 2.75) is 18.1 Å². The second-order valence-electron chi connectivity index (χ2n) is 3.87. The molecule has 0 atom stereocenters. The first-order chi connectivity index (χ1) is 7.16. The number of allylic oxidation sites excluding steroid dienone is 3. The molecule has 0 aliphatic carbocycles. The molecule has 15 heavy (non-hydrogen) atoms. The molecule has 0 aliphatic heterocycles. The van der Waals surface area contributed by atoms with Crippen LogP contribution in [0.1, 0.15) is 0 Å². The van der Waals surface area contributed by atoms with Crippen molar-refractivity contribution in [3.8, 4) is 0 Å². The summed E-state index contributed by atoms with van der Waals surface area (Å²) in [6.07, 6.45) is 8.14. The van der Waals surface area contributed by atoms with Crippen LogP contribution in [0.5, 0.6) is 0 Å². The van der Waals surface area contributed by atoms with Crippen molar-refractivity contribution in [2.75, 3.05) is 6.54 Å². The molecule has 0 spiro atoms. The lowest BCUT2D eigenvalue weighted by Gasteiger charge is -2.38. The van der Waals surface area contributed by atoms with Gasteiger partial charge in [-0.15, -0.1) is 26.3 Å². The Morgan fingerprint density at radius 3 is 1.53 bits per heavy atom. The maximum absolute atomic E-state index is 3.88. The fourth-order valence-electron chi connectivity index (χ4n) is 1.91. The molecular formula is C12H23NSi2. The molecule has 0 aliphatic rings. The molecule has 0 fully saturated rings. The summed E-state index contributed by atoms with van der Waals surface area (Å²) < 4.78 is 2.57. The summed E-state index contributed by atoms with van der Waals surface area (Å²) in [6, 6.07) is 3.34. The lowest BCUT2D eigenvalue weighted by molar-refractivity contribution is 0.719. The number of rotatable bonds is 9. The number of nitrogens with zero attached hydrogens (tertiary/aromatic N) is 1. The van der Waals surface area contributed by atoms with Gasteiger partial charge in [0.05, 0.1) is 10.4 Å². The molecule has 0 saturated heterocycles. The van der Waals surface area contributed by atoms with E-state index < -0.39 is 8.24 Å². The summed E-state index contributed by atoms with van der Waals surface area (Å²) in [7, 11) is -0.371. The van der Waals surface area contributed by atoms with Crippen LogP contribution in [0.25, 0.3) is 0 Å². The predicted octanol–water partition coefficient (Wildman–Crippen LogP) is 2.26. The summed E-state index contributed by atoms with van der Waals surface area (Å²) in [5.74, 6) is 0. The molecular weight excluding hydrogens is 214 g/mol. The van der Waals surface area contributed by atoms with Gasteiger partial charge in [0, 0.05) is 6.54 Å². The van der Waals surface area contributed by atoms with E-state index in [4.69, 9.17) is 0 Å². The van der Waals surface area contributed by atoms with Crippen molar-refractivity contribution >= 4 is 18.6 Å². The van der Waals surface area contributed by atoms with E-state index in [0.717, 1.165) is 35.1 Å². The molecule has 0 radical (unpaired) electrons. The van der Waals surface area contributed by atoms with Gasteiger partial charge in [-0.1, -0.05) is 24.3 Å². The minimum atomic E-state index is -1.45. The highest BCUT2D eigenvalue weighted by atomic mass is 28.4. The van der Waals surface area contributed by atoms with Gasteiger partial charge in [0.15, 0.2) is 0 Å². The lowest BCUT2D eigenvalue weighted by atomic mass is 10.7. The predicted molar refractivity (Wildman–Crippen MR) is 77.6 cm³/mol. The standard InChI is InChI=1S/C12H23NSi2/c1-5-9-13(14)15(10-6-2,11-7-3)12-8-4/h5-8H,1-4,9-12H2,14H3. The zero-order valence-corrected chi connectivity index (χ0v) is 12.9. The third kappa shape index (κ3) is 4.16. The van der Waals surface area contributed by atoms with E-state index in [-0.39, 0.29) is 0 Å². The number of hydrogen-bond acceptors (Lipinski definition) is 1. The van der Waals surface area contributed by atoms with Crippen LogP contribution in [0.15, 0.2) is 50.6 Å². The minimum absolute atomic E-state index is 0.994. The molecule has 0 aromatic rings. The van der Waals surface area contributed by atoms with E-state index in [9.17, 15) is 0 Å². The molecule has 0 N–H and O–H groups in total. The van der Waals surface area contributed by atoms with Gasteiger partial charge in [0.1, 0.15) is 8.24 Å². The monoisotopic (exact) mass is 237 g/mol. The zero-order valence-electron chi connectivity index (χ0n) is 9.91. The molecule has 3 heteroatoms. The van der Waals surface area contributed by atoms with E-state index >= 15 is 0 Å². The van der Waals surface area contributed by atoms with Gasteiger partial charge in [-0.3, -0.25) is 0 Å². The van der Waals surface area contributed by atoms with Crippen molar-refractivity contribution in [2.24, 2.45) is 0 Å². The second-order valence-corrected chi connectivity index (χ2v) is 10.3. The van der Waals surface area contributed by atoms with Gasteiger partial charge in [-0.25, -0.2) is 0 Å². The normalized spacial score (nSPS) is 11.3. The average molecular weight is 237 g/mol. The highest BCUT2D eigenvalue weighted by Gasteiger charge is 2.32. The van der Waals surface area contributed by atoms with E-state index in [0.29, 0.717) is 0 Å². The highest BCUT2D eigenvalue weighted by Crippen LogP contribution is 2.25. The smallest absolute Gasteiger partial charge is 0.132 e. The molecule has 84 valence electrons. The van der Waals surface area contributed by atoms with Gasteiger partial charge in [0.25, 0.3) is 0 Å². The summed E-state index contributed by atoms with van der Waals surface area (Å²) in [5, 5.41) is 0. The molecule has 0 aromatic carbocycles. The van der Waals surface area contributed by atoms with Crippen molar-refractivity contribution in [1.29, 1.82) is 0 Å². The fraction of sp³-hybridized carbons (Fsp3) is 0.333. The third-order valence-corrected chi connectivity index (χ3v) is 10.9. The maximum Gasteiger partial charge on any atom is 0.132 e. The fourth-order valence-corrected chi connectivity index (χ4v) is 7.38. The summed E-state index contributed by atoms with van der Waals surface area (Å²) in [5.41, 5.74) is 0. The van der Waals surface area contributed by atoms with E-state index in [1.807, 2.05) is 24.3 Å². The minimum Gasteiger partial charge on any atom is -0.349 e. The van der Waals surface area contributed by atoms with Crippen LogP contribution < -0.4 is 0 Å². The second kappa shape index (κ2) is 7.62. The quantitative estimate of drug-likeness (QED) is 0.439. The first-order valence-electron chi connectivity index (χ1n) is 5.31. The number of hydrogen-bond donors (Lipinski definition) is 0. The Morgan fingerprint density at radius 1 is 0.867 bits per heavy atom. The van der Waals surface area contributed by atoms with E-state index in [1.165, 1.54) is 0 Å². The Bertz CT molecular complexity index is 209. The molecule has 1 nitrogen and oxygen atoms in total. The molecule has 0 unspecified atom stereocenters. The summed E-state index contributed by atoms with van der Waals surface area (Å²) >= 11 is 0. The van der Waals surface area contributed by atoms with Gasteiger partial charge in [0.2, 0.25) is 0 Å². The van der Waals surface area contributed by atoms with Gasteiger partial charge in [-0.05, 0) is 18.1 Å². The first-order valence-corrected chi connectivity index (χ1v) is 8.78. The van der Waals surface area contributed by atoms with Crippen molar-refractivity contribution in [1.82, 2.24) is 4.23 Å². The van der Waals surface area contributed by atoms with Crippen molar-refractivity contribution in [3.05, 3.63) is 50.6 Å². The largest absolute Gasteiger partial charge is 0.349 e. The molecule has 0 rings (SSSR count). The lowest BCUT2D eigenvalue weighted by Crippen LogP contribution is -2.51. The van der Waals surface area contributed by atoms with Crippen LogP contribution in [0, 0.1) is 0 Å². The Labute approximate surface area is 98.5 Å². The zero-order chi connectivity index (χ0) is 11.7. The van der Waals surface area contributed by atoms with Gasteiger partial charge < -0.3 is 4.23 Å². The molecule has 0 heterocycles. The van der Waals surface area contributed by atoms with Crippen LogP contribution in [0.2, 0.25) is 18.1 Å². The van der Waals surface area contributed by atoms with Gasteiger partial charge >= 0.3 is 0 Å². The Kier molecular flexibility index (Phi) is 7.29. The van der Waals surface area contributed by atoms with Crippen LogP contribution in [-0.4, -0.2) is 29.4 Å². The van der Waals surface area contributed by atoms with Gasteiger partial charge in [-0.2, -0.15) is 0 Å². The Balaban J connectivity index is 4.86. The molecule has 0 bridgehead atoms. The van der Waals surface area contributed by atoms with E-state index in [1.54, 1.807) is 0 Å². The Morgan fingerprint density at radius 2 is 1.27 bits per heavy atom. The Hall–Kier alpha value is -0.646. The molecule has 0 saturated carbocycles. The van der Waals surface area contributed by atoms with Crippen LogP contribution in [-0.2, 0) is 0 Å². The van der Waals surface area contributed by atoms with Crippen LogP contribution in [0.4, 0.5) is 0 Å². The van der Waals surface area contributed by atoms with Crippen molar-refractivity contribution in [3.63, 3.8) is 0 Å².